The number of cyclic esters (lactones) is 2. The highest BCUT2D eigenvalue weighted by Crippen LogP contribution is 2.27. The van der Waals surface area contributed by atoms with Crippen LogP contribution in [-0.4, -0.2) is 34.3 Å². The molecule has 0 radical (unpaired) electrons. The first-order valence-corrected chi connectivity index (χ1v) is 14.2. The Morgan fingerprint density at radius 2 is 1.80 bits per heavy atom. The molecule has 7 heteroatoms. The first-order valence-electron chi connectivity index (χ1n) is 7.24. The van der Waals surface area contributed by atoms with Gasteiger partial charge in [-0.15, -0.1) is 0 Å². The van der Waals surface area contributed by atoms with E-state index in [0.29, 0.717) is 0 Å². The van der Waals surface area contributed by atoms with Crippen molar-refractivity contribution < 1.29 is 18.4 Å². The van der Waals surface area contributed by atoms with E-state index < -0.39 is 16.6 Å². The molecular formula is C13H27O4SSi2+. The molecule has 1 heterocycles. The topological polar surface area (TPSA) is 52.6 Å². The summed E-state index contributed by atoms with van der Waals surface area (Å²) in [5, 5.41) is 0. The van der Waals surface area contributed by atoms with Crippen LogP contribution in [0.2, 0.25) is 38.3 Å². The molecule has 0 spiro atoms. The van der Waals surface area contributed by atoms with Gasteiger partial charge in [0, 0.05) is 6.04 Å². The molecule has 0 aromatic carbocycles. The molecule has 1 unspecified atom stereocenters. The van der Waals surface area contributed by atoms with Gasteiger partial charge in [-0.25, -0.2) is 0 Å². The molecule has 1 aliphatic rings. The number of hydrogen-bond acceptors (Lipinski definition) is 4. The number of esters is 2. The zero-order chi connectivity index (χ0) is 15.4. The van der Waals surface area contributed by atoms with Crippen molar-refractivity contribution in [1.82, 2.24) is 0 Å². The molecule has 1 fully saturated rings. The third-order valence-electron chi connectivity index (χ3n) is 3.57. The summed E-state index contributed by atoms with van der Waals surface area (Å²) in [6.45, 7) is 9.00. The molecule has 1 atom stereocenters. The summed E-state index contributed by atoms with van der Waals surface area (Å²) >= 11 is 3.54. The Labute approximate surface area is 129 Å². The fraction of sp³-hybridized carbons (Fsp3) is 0.846. The molecular weight excluding hydrogens is 308 g/mol. The molecule has 0 bridgehead atoms. The second kappa shape index (κ2) is 7.24. The highest BCUT2D eigenvalue weighted by atomic mass is 32.1. The second-order valence-corrected chi connectivity index (χ2v) is 16.1. The van der Waals surface area contributed by atoms with E-state index >= 15 is 0 Å². The van der Waals surface area contributed by atoms with Crippen LogP contribution in [0.4, 0.5) is 0 Å². The maximum absolute atomic E-state index is 11.4. The van der Waals surface area contributed by atoms with Gasteiger partial charge in [0.15, 0.2) is 16.6 Å². The average Bonchev–Trinajstić information content (AvgIpc) is 2.55. The summed E-state index contributed by atoms with van der Waals surface area (Å²) in [5.41, 5.74) is 0. The number of ether oxygens (including phenoxy) is 1. The number of hydrogen-bond donors (Lipinski definition) is 0. The number of carbonyl (C=O) groups is 2. The normalized spacial score (nSPS) is 20.4. The van der Waals surface area contributed by atoms with Crippen LogP contribution in [0, 0.1) is 5.92 Å². The zero-order valence-electron chi connectivity index (χ0n) is 13.0. The maximum Gasteiger partial charge on any atom is 0.317 e. The number of carbonyl (C=O) groups excluding carboxylic acids is 2. The van der Waals surface area contributed by atoms with Crippen LogP contribution in [0.15, 0.2) is 0 Å². The zero-order valence-corrected chi connectivity index (χ0v) is 16.0. The first-order chi connectivity index (χ1) is 9.15. The van der Waals surface area contributed by atoms with Gasteiger partial charge in [0.1, 0.15) is 5.75 Å². The van der Waals surface area contributed by atoms with Crippen molar-refractivity contribution >= 4 is 41.2 Å². The van der Waals surface area contributed by atoms with E-state index in [1.807, 2.05) is 0 Å². The van der Waals surface area contributed by atoms with Gasteiger partial charge in [0.05, 0.1) is 12.3 Å². The van der Waals surface area contributed by atoms with Crippen LogP contribution in [0.5, 0.6) is 0 Å². The lowest BCUT2D eigenvalue weighted by Gasteiger charge is -2.33. The monoisotopic (exact) mass is 335 g/mol. The Bertz CT molecular complexity index is 371. The predicted octanol–water partition coefficient (Wildman–Crippen LogP) is 2.29. The summed E-state index contributed by atoms with van der Waals surface area (Å²) in [5.74, 6) is 0.0436. The van der Waals surface area contributed by atoms with E-state index in [1.165, 1.54) is 0 Å². The molecule has 1 saturated heterocycles. The van der Waals surface area contributed by atoms with Crippen LogP contribution in [-0.2, 0) is 31.1 Å². The molecule has 20 heavy (non-hydrogen) atoms. The predicted molar refractivity (Wildman–Crippen MR) is 89.1 cm³/mol. The summed E-state index contributed by atoms with van der Waals surface area (Å²) in [7, 11) is -3.26. The minimum absolute atomic E-state index is 0.222. The van der Waals surface area contributed by atoms with Crippen molar-refractivity contribution in [3.8, 4) is 0 Å². The Hall–Kier alpha value is -0.116. The Morgan fingerprint density at radius 3 is 2.30 bits per heavy atom. The molecule has 0 aliphatic carbocycles. The van der Waals surface area contributed by atoms with Gasteiger partial charge in [0.2, 0.25) is 0 Å². The van der Waals surface area contributed by atoms with E-state index in [-0.39, 0.29) is 24.3 Å². The SMILES string of the molecule is C[Si](C)(CC[SH2+])O[Si](C)(C)CCCC1CC(=O)OC1=O. The molecule has 4 nitrogen and oxygen atoms in total. The molecule has 116 valence electrons. The molecule has 0 amide bonds. The fourth-order valence-corrected chi connectivity index (χ4v) is 12.9. The van der Waals surface area contributed by atoms with Crippen LogP contribution in [0.1, 0.15) is 19.3 Å². The van der Waals surface area contributed by atoms with E-state index in [1.54, 1.807) is 0 Å². The standard InChI is InChI=1S/C13H26O4SSi2/c1-19(2,17-20(3,4)9-7-18)8-5-6-11-10-12(14)16-13(11)15/h11,18H,5-10H2,1-4H3/p+1. The summed E-state index contributed by atoms with van der Waals surface area (Å²) in [6, 6.07) is 2.15. The highest BCUT2D eigenvalue weighted by Gasteiger charge is 2.35. The molecule has 0 aromatic heterocycles. The third-order valence-corrected chi connectivity index (χ3v) is 11.8. The second-order valence-electron chi connectivity index (χ2n) is 6.71. The van der Waals surface area contributed by atoms with E-state index in [2.05, 4.69) is 43.6 Å². The Balaban J connectivity index is 2.36. The van der Waals surface area contributed by atoms with Crippen LogP contribution in [0.3, 0.4) is 0 Å². The van der Waals surface area contributed by atoms with E-state index in [0.717, 1.165) is 30.7 Å². The first kappa shape index (κ1) is 17.9. The van der Waals surface area contributed by atoms with Crippen molar-refractivity contribution in [3.63, 3.8) is 0 Å². The molecule has 0 aromatic rings. The fourth-order valence-electron chi connectivity index (χ4n) is 2.67. The van der Waals surface area contributed by atoms with Gasteiger partial charge < -0.3 is 8.85 Å². The van der Waals surface area contributed by atoms with Crippen molar-refractivity contribution in [2.75, 3.05) is 5.75 Å². The smallest absolute Gasteiger partial charge is 0.317 e. The van der Waals surface area contributed by atoms with Crippen molar-refractivity contribution in [2.45, 2.75) is 57.5 Å². The summed E-state index contributed by atoms with van der Waals surface area (Å²) in [4.78, 5) is 22.4. The lowest BCUT2D eigenvalue weighted by Crippen LogP contribution is -2.44. The minimum Gasteiger partial charge on any atom is -0.455 e. The van der Waals surface area contributed by atoms with E-state index in [4.69, 9.17) is 4.12 Å². The van der Waals surface area contributed by atoms with Gasteiger partial charge in [-0.1, -0.05) is 6.42 Å². The molecule has 0 N–H and O–H groups in total. The van der Waals surface area contributed by atoms with E-state index in [9.17, 15) is 9.59 Å². The van der Waals surface area contributed by atoms with Gasteiger partial charge >= 0.3 is 11.9 Å². The lowest BCUT2D eigenvalue weighted by molar-refractivity contribution is -0.153. The van der Waals surface area contributed by atoms with Crippen molar-refractivity contribution in [2.24, 2.45) is 5.92 Å². The van der Waals surface area contributed by atoms with Crippen LogP contribution in [0.25, 0.3) is 0 Å². The minimum atomic E-state index is -1.68. The van der Waals surface area contributed by atoms with Gasteiger partial charge in [0.25, 0.3) is 0 Å². The highest BCUT2D eigenvalue weighted by molar-refractivity contribution is 7.58. The van der Waals surface area contributed by atoms with Gasteiger partial charge in [-0.3, -0.25) is 9.59 Å². The molecule has 1 aliphatic heterocycles. The Kier molecular flexibility index (Phi) is 6.49. The van der Waals surface area contributed by atoms with Gasteiger partial charge in [-0.2, -0.15) is 0 Å². The van der Waals surface area contributed by atoms with Crippen molar-refractivity contribution in [3.05, 3.63) is 0 Å². The van der Waals surface area contributed by atoms with Crippen molar-refractivity contribution in [1.29, 1.82) is 0 Å². The molecule has 0 saturated carbocycles. The number of rotatable bonds is 8. The van der Waals surface area contributed by atoms with Gasteiger partial charge in [-0.05, 0) is 51.3 Å². The van der Waals surface area contributed by atoms with Crippen LogP contribution < -0.4 is 0 Å². The largest absolute Gasteiger partial charge is 0.455 e. The summed E-state index contributed by atoms with van der Waals surface area (Å²) in [6.07, 6.45) is 1.93. The summed E-state index contributed by atoms with van der Waals surface area (Å²) < 4.78 is 11.0. The maximum atomic E-state index is 11.4. The van der Waals surface area contributed by atoms with Crippen LogP contribution >= 0.6 is 0 Å². The quantitative estimate of drug-likeness (QED) is 0.296. The average molecular weight is 336 g/mol. The lowest BCUT2D eigenvalue weighted by atomic mass is 10.0. The third kappa shape index (κ3) is 6.11. The Morgan fingerprint density at radius 1 is 1.20 bits per heavy atom. The molecule has 1 rings (SSSR count).